The van der Waals surface area contributed by atoms with Crippen molar-refractivity contribution in [1.82, 2.24) is 4.98 Å². The summed E-state index contributed by atoms with van der Waals surface area (Å²) in [5, 5.41) is 1.13. The van der Waals surface area contributed by atoms with Crippen LogP contribution in [-0.4, -0.2) is 11.3 Å². The van der Waals surface area contributed by atoms with Crippen LogP contribution in [0.3, 0.4) is 0 Å². The van der Waals surface area contributed by atoms with E-state index in [1.165, 1.54) is 0 Å². The summed E-state index contributed by atoms with van der Waals surface area (Å²) in [6.07, 6.45) is 2.79. The van der Waals surface area contributed by atoms with E-state index in [0.29, 0.717) is 5.69 Å². The number of aromatic nitrogens is 1. The number of fused-ring (bicyclic) bond motifs is 1. The predicted octanol–water partition coefficient (Wildman–Crippen LogP) is 2.19. The van der Waals surface area contributed by atoms with Crippen LogP contribution in [0, 0.1) is 0 Å². The second-order valence-corrected chi connectivity index (χ2v) is 2.98. The van der Waals surface area contributed by atoms with Crippen molar-refractivity contribution < 1.29 is 4.79 Å². The van der Waals surface area contributed by atoms with Crippen molar-refractivity contribution in [3.05, 3.63) is 35.5 Å². The van der Waals surface area contributed by atoms with Crippen LogP contribution in [0.5, 0.6) is 0 Å². The van der Waals surface area contributed by atoms with Crippen LogP contribution in [-0.2, 0) is 11.2 Å². The zero-order valence-corrected chi connectivity index (χ0v) is 7.42. The molecule has 65 valence electrons. The molecule has 0 atom stereocenters. The Hall–Kier alpha value is -1.57. The van der Waals surface area contributed by atoms with E-state index < -0.39 is 0 Å². The third-order valence-corrected chi connectivity index (χ3v) is 2.27. The number of H-pyrrole nitrogens is 1. The minimum Gasteiger partial charge on any atom is -0.351 e. The second kappa shape index (κ2) is 3.05. The summed E-state index contributed by atoms with van der Waals surface area (Å²) in [5.41, 5.74) is 2.66. The third-order valence-electron chi connectivity index (χ3n) is 2.27. The van der Waals surface area contributed by atoms with Gasteiger partial charge >= 0.3 is 0 Å². The molecule has 0 unspecified atom stereocenters. The Bertz CT molecular complexity index is 442. The second-order valence-electron chi connectivity index (χ2n) is 2.98. The Morgan fingerprint density at radius 2 is 2.15 bits per heavy atom. The van der Waals surface area contributed by atoms with Gasteiger partial charge in [-0.3, -0.25) is 4.79 Å². The molecule has 0 amide bonds. The zero-order valence-electron chi connectivity index (χ0n) is 7.42. The summed E-state index contributed by atoms with van der Waals surface area (Å²) in [6.45, 7) is 2.04. The van der Waals surface area contributed by atoms with E-state index in [0.717, 1.165) is 22.9 Å². The first-order valence-electron chi connectivity index (χ1n) is 4.34. The van der Waals surface area contributed by atoms with Crippen LogP contribution in [0.25, 0.3) is 10.9 Å². The number of aromatic amines is 1. The van der Waals surface area contributed by atoms with Crippen molar-refractivity contribution in [1.29, 1.82) is 0 Å². The van der Waals surface area contributed by atoms with Crippen LogP contribution in [0.4, 0.5) is 0 Å². The van der Waals surface area contributed by atoms with Gasteiger partial charge in [0.2, 0.25) is 0 Å². The maximum absolute atomic E-state index is 10.6. The first-order valence-corrected chi connectivity index (χ1v) is 4.34. The highest BCUT2D eigenvalue weighted by Gasteiger charge is 2.07. The Morgan fingerprint density at radius 3 is 2.85 bits per heavy atom. The minimum atomic E-state index is 0.587. The number of para-hydroxylation sites is 1. The Morgan fingerprint density at radius 1 is 1.38 bits per heavy atom. The maximum Gasteiger partial charge on any atom is 0.251 e. The van der Waals surface area contributed by atoms with Crippen molar-refractivity contribution in [2.75, 3.05) is 0 Å². The maximum atomic E-state index is 10.6. The van der Waals surface area contributed by atoms with Gasteiger partial charge in [-0.25, -0.2) is 0 Å². The number of nitrogens with one attached hydrogen (secondary N) is 1. The van der Waals surface area contributed by atoms with Crippen molar-refractivity contribution in [3.8, 4) is 0 Å². The van der Waals surface area contributed by atoms with Gasteiger partial charge in [-0.05, 0) is 18.1 Å². The molecule has 1 radical (unpaired) electrons. The largest absolute Gasteiger partial charge is 0.351 e. The van der Waals surface area contributed by atoms with Crippen LogP contribution >= 0.6 is 0 Å². The molecule has 0 aliphatic heterocycles. The monoisotopic (exact) mass is 172 g/mol. The Balaban J connectivity index is 2.81. The summed E-state index contributed by atoms with van der Waals surface area (Å²) < 4.78 is 0. The lowest BCUT2D eigenvalue weighted by atomic mass is 10.1. The molecular weight excluding hydrogens is 162 g/mol. The number of hydrogen-bond donors (Lipinski definition) is 1. The number of aryl methyl sites for hydroxylation is 1. The molecule has 1 heterocycles. The molecule has 1 aromatic carbocycles. The van der Waals surface area contributed by atoms with E-state index in [2.05, 4.69) is 4.98 Å². The van der Waals surface area contributed by atoms with Crippen LogP contribution in [0.2, 0.25) is 0 Å². The smallest absolute Gasteiger partial charge is 0.251 e. The fourth-order valence-corrected chi connectivity index (χ4v) is 1.65. The van der Waals surface area contributed by atoms with Gasteiger partial charge in [-0.15, -0.1) is 0 Å². The van der Waals surface area contributed by atoms with Crippen molar-refractivity contribution in [2.24, 2.45) is 0 Å². The highest BCUT2D eigenvalue weighted by Crippen LogP contribution is 2.21. The molecule has 2 heteroatoms. The van der Waals surface area contributed by atoms with E-state index in [4.69, 9.17) is 0 Å². The van der Waals surface area contributed by atoms with E-state index in [9.17, 15) is 4.79 Å². The molecule has 0 saturated carbocycles. The van der Waals surface area contributed by atoms with Crippen LogP contribution < -0.4 is 0 Å². The molecule has 1 aromatic heterocycles. The summed E-state index contributed by atoms with van der Waals surface area (Å²) >= 11 is 0. The highest BCUT2D eigenvalue weighted by molar-refractivity contribution is 5.92. The standard InChI is InChI=1S/C11H10NO/c1-2-8-9-5-3-4-6-10(9)12-11(8)7-13/h3-6,12H,2H2,1H3. The fourth-order valence-electron chi connectivity index (χ4n) is 1.65. The first kappa shape index (κ1) is 8.05. The number of benzene rings is 1. The first-order chi connectivity index (χ1) is 6.36. The lowest BCUT2D eigenvalue weighted by molar-refractivity contribution is 0.561. The van der Waals surface area contributed by atoms with Gasteiger partial charge in [0.15, 0.2) is 0 Å². The van der Waals surface area contributed by atoms with Gasteiger partial charge < -0.3 is 4.98 Å². The fraction of sp³-hybridized carbons (Fsp3) is 0.182. The molecule has 2 nitrogen and oxygen atoms in total. The van der Waals surface area contributed by atoms with E-state index >= 15 is 0 Å². The average Bonchev–Trinajstić information content (AvgIpc) is 2.55. The molecule has 1 N–H and O–H groups in total. The molecule has 0 spiro atoms. The lowest BCUT2D eigenvalue weighted by Crippen LogP contribution is -1.86. The Labute approximate surface area is 76.6 Å². The van der Waals surface area contributed by atoms with Gasteiger partial charge in [0, 0.05) is 10.9 Å². The normalized spacial score (nSPS) is 10.5. The molecule has 0 aliphatic rings. The lowest BCUT2D eigenvalue weighted by Gasteiger charge is -1.92. The molecule has 2 rings (SSSR count). The highest BCUT2D eigenvalue weighted by atomic mass is 16.1. The minimum absolute atomic E-state index is 0.587. The van der Waals surface area contributed by atoms with Gasteiger partial charge in [0.25, 0.3) is 6.29 Å². The number of hydrogen-bond acceptors (Lipinski definition) is 1. The molecule has 0 bridgehead atoms. The van der Waals surface area contributed by atoms with Crippen molar-refractivity contribution in [2.45, 2.75) is 13.3 Å². The van der Waals surface area contributed by atoms with E-state index in [1.807, 2.05) is 37.5 Å². The quantitative estimate of drug-likeness (QED) is 0.740. The summed E-state index contributed by atoms with van der Waals surface area (Å²) in [5.74, 6) is 0. The summed E-state index contributed by atoms with van der Waals surface area (Å²) in [4.78, 5) is 13.6. The van der Waals surface area contributed by atoms with Crippen LogP contribution in [0.1, 0.15) is 18.2 Å². The third kappa shape index (κ3) is 1.15. The van der Waals surface area contributed by atoms with Crippen molar-refractivity contribution >= 4 is 17.2 Å². The molecule has 0 aliphatic carbocycles. The molecular formula is C11H10NO. The predicted molar refractivity (Wildman–Crippen MR) is 52.5 cm³/mol. The zero-order chi connectivity index (χ0) is 9.26. The van der Waals surface area contributed by atoms with Gasteiger partial charge in [-0.1, -0.05) is 25.1 Å². The SMILES string of the molecule is CCc1c([C]=O)[nH]c2ccccc12. The molecule has 0 fully saturated rings. The summed E-state index contributed by atoms with van der Waals surface area (Å²) in [7, 11) is 0. The van der Waals surface area contributed by atoms with Gasteiger partial charge in [0.1, 0.15) is 0 Å². The number of rotatable bonds is 2. The van der Waals surface area contributed by atoms with E-state index in [-0.39, 0.29) is 0 Å². The van der Waals surface area contributed by atoms with Gasteiger partial charge in [0.05, 0.1) is 5.69 Å². The van der Waals surface area contributed by atoms with Crippen molar-refractivity contribution in [3.63, 3.8) is 0 Å². The topological polar surface area (TPSA) is 32.9 Å². The summed E-state index contributed by atoms with van der Waals surface area (Å²) in [6, 6.07) is 7.91. The molecule has 13 heavy (non-hydrogen) atoms. The molecule has 0 saturated heterocycles. The van der Waals surface area contributed by atoms with Gasteiger partial charge in [-0.2, -0.15) is 0 Å². The number of carbonyl (C=O) groups excluding carboxylic acids is 1. The van der Waals surface area contributed by atoms with Crippen LogP contribution in [0.15, 0.2) is 24.3 Å². The Kier molecular flexibility index (Phi) is 1.89. The molecule has 2 aromatic rings. The average molecular weight is 172 g/mol. The van der Waals surface area contributed by atoms with E-state index in [1.54, 1.807) is 0 Å².